The van der Waals surface area contributed by atoms with E-state index in [1.165, 1.54) is 0 Å². The minimum Gasteiger partial charge on any atom is -0.358 e. The minimum absolute atomic E-state index is 0.0735. The Morgan fingerprint density at radius 1 is 1.12 bits per heavy atom. The maximum atomic E-state index is 13.5. The molecule has 4 rings (SSSR count). The molecule has 0 bridgehead atoms. The van der Waals surface area contributed by atoms with Gasteiger partial charge in [0.1, 0.15) is 12.6 Å². The van der Waals surface area contributed by atoms with Gasteiger partial charge >= 0.3 is 0 Å². The summed E-state index contributed by atoms with van der Waals surface area (Å²) >= 11 is 0. The predicted molar refractivity (Wildman–Crippen MR) is 127 cm³/mol. The monoisotopic (exact) mass is 449 g/mol. The topological polar surface area (TPSA) is 85.9 Å². The Morgan fingerprint density at radius 3 is 2.67 bits per heavy atom. The van der Waals surface area contributed by atoms with Crippen LogP contribution in [0, 0.1) is 0 Å². The Morgan fingerprint density at radius 2 is 1.94 bits per heavy atom. The Hall–Kier alpha value is -3.42. The maximum Gasteiger partial charge on any atom is 0.253 e. The van der Waals surface area contributed by atoms with E-state index < -0.39 is 0 Å². The highest BCUT2D eigenvalue weighted by Crippen LogP contribution is 2.40. The number of carbonyl (C=O) groups is 3. The molecule has 0 unspecified atom stereocenters. The maximum absolute atomic E-state index is 13.5. The summed E-state index contributed by atoms with van der Waals surface area (Å²) in [4.78, 5) is 48.9. The third-order valence-electron chi connectivity index (χ3n) is 6.42. The zero-order chi connectivity index (χ0) is 23.4. The fourth-order valence-corrected chi connectivity index (χ4v) is 4.64. The molecule has 8 heteroatoms. The number of hydrogen-bond acceptors (Lipinski definition) is 5. The van der Waals surface area contributed by atoms with Crippen molar-refractivity contribution in [3.05, 3.63) is 53.9 Å². The van der Waals surface area contributed by atoms with Crippen molar-refractivity contribution in [2.75, 3.05) is 36.0 Å². The normalized spacial score (nSPS) is 17.3. The van der Waals surface area contributed by atoms with E-state index in [1.807, 2.05) is 44.2 Å². The summed E-state index contributed by atoms with van der Waals surface area (Å²) < 4.78 is 0. The van der Waals surface area contributed by atoms with Gasteiger partial charge in [0, 0.05) is 31.4 Å². The van der Waals surface area contributed by atoms with Gasteiger partial charge in [-0.1, -0.05) is 6.07 Å². The number of carbonyl (C=O) groups excluding carboxylic acids is 3. The van der Waals surface area contributed by atoms with Crippen LogP contribution in [0.4, 0.5) is 11.4 Å². The van der Waals surface area contributed by atoms with Crippen LogP contribution in [0.3, 0.4) is 0 Å². The number of hydrogen-bond donors (Lipinski definition) is 1. The average molecular weight is 450 g/mol. The first-order valence-corrected chi connectivity index (χ1v) is 11.7. The zero-order valence-electron chi connectivity index (χ0n) is 19.3. The fraction of sp³-hybridized carbons (Fsp3) is 0.440. The molecule has 1 aromatic carbocycles. The molecule has 1 fully saturated rings. The number of rotatable bonds is 7. The molecule has 0 aliphatic carbocycles. The molecular weight excluding hydrogens is 418 g/mol. The lowest BCUT2D eigenvalue weighted by molar-refractivity contribution is -0.125. The van der Waals surface area contributed by atoms with Gasteiger partial charge in [-0.15, -0.1) is 0 Å². The van der Waals surface area contributed by atoms with Gasteiger partial charge in [-0.3, -0.25) is 24.3 Å². The van der Waals surface area contributed by atoms with Crippen LogP contribution in [-0.2, 0) is 16.1 Å². The lowest BCUT2D eigenvalue weighted by atomic mass is 9.95. The predicted octanol–water partition coefficient (Wildman–Crippen LogP) is 2.59. The van der Waals surface area contributed by atoms with Crippen molar-refractivity contribution < 1.29 is 14.4 Å². The molecule has 1 N–H and O–H groups in total. The average Bonchev–Trinajstić information content (AvgIpc) is 2.86. The largest absolute Gasteiger partial charge is 0.358 e. The quantitative estimate of drug-likeness (QED) is 0.702. The third kappa shape index (κ3) is 4.69. The van der Waals surface area contributed by atoms with Crippen LogP contribution in [0.1, 0.15) is 49.2 Å². The van der Waals surface area contributed by atoms with E-state index in [0.717, 1.165) is 37.2 Å². The molecule has 1 atom stereocenters. The summed E-state index contributed by atoms with van der Waals surface area (Å²) in [5.74, 6) is -0.414. The lowest BCUT2D eigenvalue weighted by Gasteiger charge is -2.45. The number of benzene rings is 1. The highest BCUT2D eigenvalue weighted by Gasteiger charge is 2.40. The molecule has 0 saturated carbocycles. The summed E-state index contributed by atoms with van der Waals surface area (Å²) in [5, 5.41) is 2.86. The second-order valence-electron chi connectivity index (χ2n) is 8.41. The highest BCUT2D eigenvalue weighted by molar-refractivity contribution is 6.09. The third-order valence-corrected chi connectivity index (χ3v) is 6.42. The number of aromatic nitrogens is 1. The minimum atomic E-state index is -0.265. The van der Waals surface area contributed by atoms with Gasteiger partial charge in [-0.05, 0) is 63.4 Å². The molecular formula is C25H31N5O3. The van der Waals surface area contributed by atoms with Crippen molar-refractivity contribution in [3.8, 4) is 0 Å². The van der Waals surface area contributed by atoms with Gasteiger partial charge in [0.25, 0.3) is 5.91 Å². The molecule has 1 saturated heterocycles. The smallest absolute Gasteiger partial charge is 0.253 e. The van der Waals surface area contributed by atoms with Gasteiger partial charge in [0.2, 0.25) is 11.8 Å². The van der Waals surface area contributed by atoms with Crippen molar-refractivity contribution in [1.82, 2.24) is 15.2 Å². The molecule has 2 aliphatic rings. The van der Waals surface area contributed by atoms with Gasteiger partial charge in [0.15, 0.2) is 0 Å². The van der Waals surface area contributed by atoms with Crippen LogP contribution >= 0.6 is 0 Å². The molecule has 3 heterocycles. The van der Waals surface area contributed by atoms with Crippen molar-refractivity contribution in [1.29, 1.82) is 0 Å². The van der Waals surface area contributed by atoms with Crippen LogP contribution in [0.25, 0.3) is 0 Å². The number of pyridine rings is 1. The Labute approximate surface area is 194 Å². The van der Waals surface area contributed by atoms with Crippen molar-refractivity contribution in [2.45, 2.75) is 45.7 Å². The van der Waals surface area contributed by atoms with Crippen molar-refractivity contribution >= 4 is 29.1 Å². The van der Waals surface area contributed by atoms with E-state index in [2.05, 4.69) is 15.2 Å². The Bertz CT molecular complexity index is 1020. The Kier molecular flexibility index (Phi) is 6.91. The van der Waals surface area contributed by atoms with Crippen molar-refractivity contribution in [2.24, 2.45) is 0 Å². The molecule has 0 spiro atoms. The van der Waals surface area contributed by atoms with E-state index in [9.17, 15) is 14.4 Å². The standard InChI is InChI=1S/C25H31N5O3/c1-3-28(4-2)24(32)18-11-12-20-22(15-18)30(25(33)21-10-6-8-14-29(20)21)17-23(31)27-16-19-9-5-7-13-26-19/h5,7,9,11-13,15,21H,3-4,6,8,10,14,16-17H2,1-2H3,(H,27,31)/t21-/m1/s1. The zero-order valence-corrected chi connectivity index (χ0v) is 19.3. The van der Waals surface area contributed by atoms with Crippen LogP contribution in [0.15, 0.2) is 42.6 Å². The van der Waals surface area contributed by atoms with Crippen LogP contribution in [0.5, 0.6) is 0 Å². The van der Waals surface area contributed by atoms with Gasteiger partial charge in [0.05, 0.1) is 23.6 Å². The SMILES string of the molecule is CCN(CC)C(=O)c1ccc2c(c1)N(CC(=O)NCc1ccccn1)C(=O)[C@H]1CCCCN21. The van der Waals surface area contributed by atoms with Crippen LogP contribution in [0.2, 0.25) is 0 Å². The molecule has 1 aromatic heterocycles. The number of nitrogens with zero attached hydrogens (tertiary/aromatic N) is 4. The van der Waals surface area contributed by atoms with E-state index in [4.69, 9.17) is 0 Å². The number of anilines is 2. The first-order valence-electron chi connectivity index (χ1n) is 11.7. The number of nitrogens with one attached hydrogen (secondary N) is 1. The molecule has 8 nitrogen and oxygen atoms in total. The first kappa shape index (κ1) is 22.8. The summed E-state index contributed by atoms with van der Waals surface area (Å²) in [7, 11) is 0. The van der Waals surface area contributed by atoms with Gasteiger partial charge in [-0.2, -0.15) is 0 Å². The second-order valence-corrected chi connectivity index (χ2v) is 8.41. The summed E-state index contributed by atoms with van der Waals surface area (Å²) in [6.45, 7) is 6.11. The summed E-state index contributed by atoms with van der Waals surface area (Å²) in [6, 6.07) is 10.8. The number of fused-ring (bicyclic) bond motifs is 3. The van der Waals surface area contributed by atoms with Gasteiger partial charge < -0.3 is 15.1 Å². The van der Waals surface area contributed by atoms with Crippen LogP contribution in [-0.4, -0.2) is 59.8 Å². The molecule has 2 aliphatic heterocycles. The molecule has 2 aromatic rings. The molecule has 174 valence electrons. The van der Waals surface area contributed by atoms with E-state index in [-0.39, 0.29) is 30.3 Å². The molecule has 33 heavy (non-hydrogen) atoms. The summed E-state index contributed by atoms with van der Waals surface area (Å²) in [6.07, 6.45) is 4.46. The second kappa shape index (κ2) is 10.0. The fourth-order valence-electron chi connectivity index (χ4n) is 4.64. The van der Waals surface area contributed by atoms with Crippen molar-refractivity contribution in [3.63, 3.8) is 0 Å². The van der Waals surface area contributed by atoms with E-state index >= 15 is 0 Å². The van der Waals surface area contributed by atoms with E-state index in [1.54, 1.807) is 22.1 Å². The Balaban J connectivity index is 1.61. The lowest BCUT2D eigenvalue weighted by Crippen LogP contribution is -2.57. The molecule has 0 radical (unpaired) electrons. The summed E-state index contributed by atoms with van der Waals surface area (Å²) in [5.41, 5.74) is 2.82. The number of piperidine rings is 1. The molecule has 3 amide bonds. The van der Waals surface area contributed by atoms with E-state index in [0.29, 0.717) is 30.9 Å². The van der Waals surface area contributed by atoms with Gasteiger partial charge in [-0.25, -0.2) is 0 Å². The highest BCUT2D eigenvalue weighted by atomic mass is 16.2. The number of amides is 3. The van der Waals surface area contributed by atoms with Crippen LogP contribution < -0.4 is 15.1 Å². The first-order chi connectivity index (χ1) is 16.0.